The Morgan fingerprint density at radius 2 is 0.750 bits per heavy atom. The molecule has 3 heteroatoms. The molecule has 2 aliphatic rings. The monoisotopic (exact) mass is 964 g/mol. The SMILES string of the molecule is c1ccc(-c2ccc3c(c2)B2c4cc(-c5ccccc5)ccc4C(c4ccccc4)(c4ccccc4)c4cc(-n5c6ccccc6c6ccccc65)cc(c42)N3c2c(-c3ccccc3)cccc2-c2ccccc2)cc1. The highest BCUT2D eigenvalue weighted by Gasteiger charge is 2.52. The van der Waals surface area contributed by atoms with Crippen LogP contribution in [0.15, 0.2) is 297 Å². The van der Waals surface area contributed by atoms with Crippen molar-refractivity contribution in [3.63, 3.8) is 0 Å². The standard InChI is InChI=1S/C73H49BN2/c1-7-24-50(25-8-1)54-42-44-63-65(46-54)74-66-47-55(51-26-9-2-10-27-51)43-45-69(66)76(72-59(52-28-11-3-12-29-52)38-23-39-60(72)53-30-13-4-14-31-53)70-49-58(75-67-40-21-19-36-61(67)62-37-20-22-41-68(62)75)48-64(71(70)74)73(63,56-32-15-5-16-33-56)57-34-17-6-18-35-57/h1-49H. The third kappa shape index (κ3) is 6.69. The molecule has 2 nitrogen and oxygen atoms in total. The van der Waals surface area contributed by atoms with Crippen LogP contribution in [0.1, 0.15) is 22.3 Å². The Labute approximate surface area is 444 Å². The Morgan fingerprint density at radius 3 is 1.28 bits per heavy atom. The second-order valence-corrected chi connectivity index (χ2v) is 20.3. The number of benzene rings is 12. The highest BCUT2D eigenvalue weighted by atomic mass is 15.2. The zero-order valence-electron chi connectivity index (χ0n) is 41.8. The van der Waals surface area contributed by atoms with Crippen molar-refractivity contribution in [3.8, 4) is 50.2 Å². The smallest absolute Gasteiger partial charge is 0.247 e. The Balaban J connectivity index is 1.17. The molecule has 76 heavy (non-hydrogen) atoms. The average molecular weight is 965 g/mol. The Kier molecular flexibility index (Phi) is 10.2. The van der Waals surface area contributed by atoms with E-state index in [2.05, 4.69) is 307 Å². The van der Waals surface area contributed by atoms with Crippen molar-refractivity contribution in [2.45, 2.75) is 5.41 Å². The van der Waals surface area contributed by atoms with Gasteiger partial charge in [-0.25, -0.2) is 0 Å². The first-order valence-electron chi connectivity index (χ1n) is 26.5. The van der Waals surface area contributed by atoms with Crippen molar-refractivity contribution in [3.05, 3.63) is 320 Å². The van der Waals surface area contributed by atoms with Crippen LogP contribution in [0.4, 0.5) is 17.1 Å². The fourth-order valence-electron chi connectivity index (χ4n) is 13.1. The van der Waals surface area contributed by atoms with Crippen LogP contribution in [-0.2, 0) is 5.41 Å². The van der Waals surface area contributed by atoms with Gasteiger partial charge in [-0.2, -0.15) is 0 Å². The van der Waals surface area contributed by atoms with Gasteiger partial charge in [-0.1, -0.05) is 272 Å². The maximum atomic E-state index is 2.66. The van der Waals surface area contributed by atoms with Gasteiger partial charge in [0.15, 0.2) is 0 Å². The fourth-order valence-corrected chi connectivity index (χ4v) is 13.1. The molecule has 1 aromatic heterocycles. The van der Waals surface area contributed by atoms with Crippen LogP contribution < -0.4 is 21.3 Å². The van der Waals surface area contributed by atoms with Gasteiger partial charge in [-0.15, -0.1) is 0 Å². The van der Waals surface area contributed by atoms with Gasteiger partial charge in [0.1, 0.15) is 0 Å². The summed E-state index contributed by atoms with van der Waals surface area (Å²) in [4.78, 5) is 2.66. The van der Waals surface area contributed by atoms with Crippen molar-refractivity contribution in [1.82, 2.24) is 4.57 Å². The first kappa shape index (κ1) is 43.8. The minimum absolute atomic E-state index is 0.157. The number of aromatic nitrogens is 1. The minimum atomic E-state index is -0.760. The molecule has 12 aromatic carbocycles. The number of fused-ring (bicyclic) bond motifs is 7. The van der Waals surface area contributed by atoms with Gasteiger partial charge in [-0.3, -0.25) is 0 Å². The molecule has 15 rings (SSSR count). The summed E-state index contributed by atoms with van der Waals surface area (Å²) in [6.45, 7) is -0.157. The fraction of sp³-hybridized carbons (Fsp3) is 0.0137. The van der Waals surface area contributed by atoms with Crippen LogP contribution >= 0.6 is 0 Å². The number of nitrogens with zero attached hydrogens (tertiary/aromatic N) is 2. The molecule has 0 fully saturated rings. The van der Waals surface area contributed by atoms with Crippen molar-refractivity contribution in [2.75, 3.05) is 4.90 Å². The van der Waals surface area contributed by atoms with E-state index in [0.29, 0.717) is 0 Å². The Morgan fingerprint density at radius 1 is 0.303 bits per heavy atom. The van der Waals surface area contributed by atoms with Crippen molar-refractivity contribution in [2.24, 2.45) is 0 Å². The molecule has 0 unspecified atom stereocenters. The van der Waals surface area contributed by atoms with E-state index in [9.17, 15) is 0 Å². The van der Waals surface area contributed by atoms with Crippen LogP contribution in [0.3, 0.4) is 0 Å². The van der Waals surface area contributed by atoms with Crippen molar-refractivity contribution >= 4 is 62.0 Å². The molecule has 0 radical (unpaired) electrons. The lowest BCUT2D eigenvalue weighted by Gasteiger charge is -2.49. The summed E-state index contributed by atoms with van der Waals surface area (Å²) in [5.74, 6) is 0. The maximum absolute atomic E-state index is 2.66. The predicted octanol–water partition coefficient (Wildman–Crippen LogP) is 16.4. The third-order valence-electron chi connectivity index (χ3n) is 16.3. The molecule has 354 valence electrons. The molecular formula is C73H49BN2. The molecule has 0 N–H and O–H groups in total. The molecule has 0 saturated heterocycles. The lowest BCUT2D eigenvalue weighted by Crippen LogP contribution is -2.65. The van der Waals surface area contributed by atoms with Gasteiger partial charge in [0.05, 0.1) is 22.1 Å². The molecule has 0 aliphatic carbocycles. The topological polar surface area (TPSA) is 8.17 Å². The van der Waals surface area contributed by atoms with Crippen LogP contribution in [0.25, 0.3) is 72.0 Å². The molecule has 13 aromatic rings. The average Bonchev–Trinajstić information content (AvgIpc) is 3.94. The normalized spacial score (nSPS) is 13.1. The van der Waals surface area contributed by atoms with E-state index in [1.54, 1.807) is 0 Å². The zero-order chi connectivity index (χ0) is 50.2. The quantitative estimate of drug-likeness (QED) is 0.138. The molecule has 0 amide bonds. The Hall–Kier alpha value is -9.70. The number of rotatable bonds is 8. The summed E-state index contributed by atoms with van der Waals surface area (Å²) < 4.78 is 2.53. The highest BCUT2D eigenvalue weighted by Crippen LogP contribution is 2.53. The van der Waals surface area contributed by atoms with Crippen LogP contribution in [0, 0.1) is 0 Å². The summed E-state index contributed by atoms with van der Waals surface area (Å²) in [6, 6.07) is 111. The lowest BCUT2D eigenvalue weighted by atomic mass is 9.29. The number of para-hydroxylation sites is 3. The largest absolute Gasteiger partial charge is 0.310 e. The zero-order valence-corrected chi connectivity index (χ0v) is 41.8. The maximum Gasteiger partial charge on any atom is 0.247 e. The lowest BCUT2D eigenvalue weighted by molar-refractivity contribution is 0.750. The molecule has 0 bridgehead atoms. The molecular weight excluding hydrogens is 916 g/mol. The van der Waals surface area contributed by atoms with E-state index in [-0.39, 0.29) is 6.71 Å². The summed E-state index contributed by atoms with van der Waals surface area (Å²) in [6.07, 6.45) is 0. The van der Waals surface area contributed by atoms with E-state index in [1.165, 1.54) is 82.7 Å². The van der Waals surface area contributed by atoms with Crippen molar-refractivity contribution < 1.29 is 0 Å². The highest BCUT2D eigenvalue weighted by molar-refractivity contribution is 6.99. The van der Waals surface area contributed by atoms with Gasteiger partial charge >= 0.3 is 0 Å². The second kappa shape index (κ2) is 17.8. The molecule has 0 spiro atoms. The van der Waals surface area contributed by atoms with Gasteiger partial charge in [0.2, 0.25) is 6.71 Å². The summed E-state index contributed by atoms with van der Waals surface area (Å²) >= 11 is 0. The van der Waals surface area contributed by atoms with Gasteiger partial charge in [0, 0.05) is 39.0 Å². The number of anilines is 3. The molecule has 2 aliphatic heterocycles. The van der Waals surface area contributed by atoms with Gasteiger partial charge in [0.25, 0.3) is 0 Å². The molecule has 0 saturated carbocycles. The summed E-state index contributed by atoms with van der Waals surface area (Å²) in [7, 11) is 0. The van der Waals surface area contributed by atoms with Crippen molar-refractivity contribution in [1.29, 1.82) is 0 Å². The minimum Gasteiger partial charge on any atom is -0.310 e. The van der Waals surface area contributed by atoms with E-state index in [4.69, 9.17) is 0 Å². The summed E-state index contributed by atoms with van der Waals surface area (Å²) in [5, 5.41) is 2.46. The first-order valence-corrected chi connectivity index (χ1v) is 26.5. The van der Waals surface area contributed by atoms with Crippen LogP contribution in [0.5, 0.6) is 0 Å². The van der Waals surface area contributed by atoms with E-state index < -0.39 is 5.41 Å². The number of hydrogen-bond donors (Lipinski definition) is 0. The first-order chi connectivity index (χ1) is 37.7. The van der Waals surface area contributed by atoms with Crippen LogP contribution in [0.2, 0.25) is 0 Å². The van der Waals surface area contributed by atoms with E-state index >= 15 is 0 Å². The van der Waals surface area contributed by atoms with E-state index in [1.807, 2.05) is 0 Å². The molecule has 3 heterocycles. The third-order valence-corrected chi connectivity index (χ3v) is 16.3. The van der Waals surface area contributed by atoms with Gasteiger partial charge < -0.3 is 9.47 Å². The molecule has 0 atom stereocenters. The summed E-state index contributed by atoms with van der Waals surface area (Å²) in [5.41, 5.74) is 24.4. The van der Waals surface area contributed by atoms with Gasteiger partial charge in [-0.05, 0) is 96.9 Å². The van der Waals surface area contributed by atoms with E-state index in [0.717, 1.165) is 45.0 Å². The number of hydrogen-bond acceptors (Lipinski definition) is 1. The predicted molar refractivity (Wildman–Crippen MR) is 320 cm³/mol. The van der Waals surface area contributed by atoms with Crippen LogP contribution in [-0.4, -0.2) is 11.3 Å². The second-order valence-electron chi connectivity index (χ2n) is 20.3. The Bertz CT molecular complexity index is 4170.